The van der Waals surface area contributed by atoms with Crippen molar-refractivity contribution in [1.82, 2.24) is 10.3 Å². The Hall–Kier alpha value is -0.980. The van der Waals surface area contributed by atoms with E-state index in [0.29, 0.717) is 5.41 Å². The van der Waals surface area contributed by atoms with Gasteiger partial charge in [-0.2, -0.15) is 0 Å². The third kappa shape index (κ3) is 2.98. The Bertz CT molecular complexity index is 518. The van der Waals surface area contributed by atoms with Crippen LogP contribution in [-0.2, 0) is 15.1 Å². The minimum absolute atomic E-state index is 0.272. The van der Waals surface area contributed by atoms with Crippen LogP contribution in [0.15, 0.2) is 22.8 Å². The topological polar surface area (TPSA) is 71.5 Å². The summed E-state index contributed by atoms with van der Waals surface area (Å²) < 4.78 is 6.70. The fourth-order valence-corrected chi connectivity index (χ4v) is 3.91. The zero-order chi connectivity index (χ0) is 14.9. The number of nitrogens with one attached hydrogen (secondary N) is 1. The van der Waals surface area contributed by atoms with Crippen molar-refractivity contribution >= 4 is 21.9 Å². The van der Waals surface area contributed by atoms with E-state index in [9.17, 15) is 4.79 Å². The van der Waals surface area contributed by atoms with Crippen molar-refractivity contribution < 1.29 is 14.6 Å². The van der Waals surface area contributed by atoms with E-state index < -0.39 is 11.6 Å². The number of nitrogens with zero attached hydrogens (tertiary/aromatic N) is 1. The first-order valence-corrected chi connectivity index (χ1v) is 8.02. The van der Waals surface area contributed by atoms with Gasteiger partial charge in [-0.3, -0.25) is 4.98 Å². The number of carbonyl (C=O) groups is 1. The first kappa shape index (κ1) is 14.9. The fourth-order valence-electron chi connectivity index (χ4n) is 3.67. The quantitative estimate of drug-likeness (QED) is 0.867. The molecule has 2 heterocycles. The predicted molar refractivity (Wildman–Crippen MR) is 81.0 cm³/mol. The zero-order valence-corrected chi connectivity index (χ0v) is 13.4. The summed E-state index contributed by atoms with van der Waals surface area (Å²) in [4.78, 5) is 15.3. The predicted octanol–water partition coefficient (Wildman–Crippen LogP) is 2.30. The second kappa shape index (κ2) is 5.66. The van der Waals surface area contributed by atoms with Crippen LogP contribution in [0.3, 0.4) is 0 Å². The van der Waals surface area contributed by atoms with Crippen molar-refractivity contribution in [3.05, 3.63) is 28.5 Å². The molecule has 1 aromatic heterocycles. The molecule has 1 spiro atoms. The van der Waals surface area contributed by atoms with Gasteiger partial charge in [0, 0.05) is 10.7 Å². The molecular weight excluding hydrogens is 336 g/mol. The molecule has 2 fully saturated rings. The molecule has 2 aliphatic rings. The number of carboxylic acid groups (broad SMARTS) is 1. The molecule has 3 rings (SSSR count). The van der Waals surface area contributed by atoms with E-state index in [1.165, 1.54) is 0 Å². The maximum Gasteiger partial charge on any atom is 0.329 e. The van der Waals surface area contributed by atoms with Crippen LogP contribution in [0.2, 0.25) is 0 Å². The molecule has 114 valence electrons. The van der Waals surface area contributed by atoms with Crippen LogP contribution in [0.5, 0.6) is 0 Å². The molecule has 0 aromatic carbocycles. The van der Waals surface area contributed by atoms with Crippen LogP contribution in [0.4, 0.5) is 0 Å². The smallest absolute Gasteiger partial charge is 0.329 e. The number of carboxylic acids is 1. The molecule has 1 saturated heterocycles. The lowest BCUT2D eigenvalue weighted by atomic mass is 9.54. The summed E-state index contributed by atoms with van der Waals surface area (Å²) in [5, 5.41) is 12.3. The minimum atomic E-state index is -0.933. The second-order valence-electron chi connectivity index (χ2n) is 6.14. The molecule has 0 unspecified atom stereocenters. The number of rotatable bonds is 4. The largest absolute Gasteiger partial charge is 0.480 e. The van der Waals surface area contributed by atoms with Crippen molar-refractivity contribution in [2.24, 2.45) is 5.41 Å². The maximum absolute atomic E-state index is 10.9. The number of halogens is 1. The van der Waals surface area contributed by atoms with Gasteiger partial charge >= 0.3 is 5.97 Å². The highest BCUT2D eigenvalue weighted by molar-refractivity contribution is 9.10. The zero-order valence-electron chi connectivity index (χ0n) is 11.8. The van der Waals surface area contributed by atoms with E-state index in [2.05, 4.69) is 26.2 Å². The summed E-state index contributed by atoms with van der Waals surface area (Å²) in [6.45, 7) is 1.79. The number of piperidine rings is 1. The highest BCUT2D eigenvalue weighted by Gasteiger charge is 2.57. The molecule has 1 aromatic rings. The fraction of sp³-hybridized carbons (Fsp3) is 0.600. The molecule has 1 aliphatic carbocycles. The van der Waals surface area contributed by atoms with Crippen LogP contribution in [0.1, 0.15) is 31.4 Å². The van der Waals surface area contributed by atoms with Gasteiger partial charge in [-0.15, -0.1) is 0 Å². The van der Waals surface area contributed by atoms with Gasteiger partial charge in [-0.05, 0) is 72.3 Å². The van der Waals surface area contributed by atoms with E-state index in [1.807, 2.05) is 12.1 Å². The highest BCUT2D eigenvalue weighted by atomic mass is 79.9. The Balaban J connectivity index is 1.80. The molecule has 0 bridgehead atoms. The second-order valence-corrected chi connectivity index (χ2v) is 7.06. The van der Waals surface area contributed by atoms with E-state index in [4.69, 9.17) is 9.84 Å². The third-order valence-corrected chi connectivity index (χ3v) is 5.12. The van der Waals surface area contributed by atoms with Gasteiger partial charge < -0.3 is 15.2 Å². The van der Waals surface area contributed by atoms with Crippen molar-refractivity contribution in [2.75, 3.05) is 19.7 Å². The molecule has 1 saturated carbocycles. The number of aromatic nitrogens is 1. The molecule has 21 heavy (non-hydrogen) atoms. The lowest BCUT2D eigenvalue weighted by Crippen LogP contribution is -2.55. The maximum atomic E-state index is 10.9. The van der Waals surface area contributed by atoms with Gasteiger partial charge in [0.2, 0.25) is 0 Å². The molecule has 0 amide bonds. The Morgan fingerprint density at radius 2 is 2.10 bits per heavy atom. The van der Waals surface area contributed by atoms with Crippen molar-refractivity contribution in [2.45, 2.75) is 31.3 Å². The van der Waals surface area contributed by atoms with Crippen molar-refractivity contribution in [3.8, 4) is 0 Å². The van der Waals surface area contributed by atoms with Gasteiger partial charge in [0.1, 0.15) is 12.2 Å². The minimum Gasteiger partial charge on any atom is -0.480 e. The van der Waals surface area contributed by atoms with Gasteiger partial charge in [0.25, 0.3) is 0 Å². The van der Waals surface area contributed by atoms with E-state index >= 15 is 0 Å². The van der Waals surface area contributed by atoms with Crippen LogP contribution >= 0.6 is 15.9 Å². The summed E-state index contributed by atoms with van der Waals surface area (Å²) >= 11 is 3.38. The summed E-state index contributed by atoms with van der Waals surface area (Å²) in [6, 6.07) is 3.86. The first-order valence-electron chi connectivity index (χ1n) is 7.22. The summed E-state index contributed by atoms with van der Waals surface area (Å²) in [5.74, 6) is -0.933. The van der Waals surface area contributed by atoms with E-state index in [0.717, 1.165) is 48.9 Å². The molecule has 5 nitrogen and oxygen atoms in total. The van der Waals surface area contributed by atoms with Crippen molar-refractivity contribution in [3.63, 3.8) is 0 Å². The number of hydrogen-bond acceptors (Lipinski definition) is 4. The molecule has 0 radical (unpaired) electrons. The standard InChI is InChI=1S/C15H19BrN2O3/c16-11-1-2-12(18-7-11)15(21-8-13(19)20)9-14(10-15)3-5-17-6-4-14/h1-2,7,17H,3-6,8-10H2,(H,19,20). The number of ether oxygens (including phenoxy) is 1. The van der Waals surface area contributed by atoms with E-state index in [-0.39, 0.29) is 6.61 Å². The van der Waals surface area contributed by atoms with Crippen LogP contribution in [0, 0.1) is 5.41 Å². The average molecular weight is 355 g/mol. The van der Waals surface area contributed by atoms with Gasteiger partial charge in [0.05, 0.1) is 5.69 Å². The Kier molecular flexibility index (Phi) is 4.03. The van der Waals surface area contributed by atoms with Crippen LogP contribution in [0.25, 0.3) is 0 Å². The van der Waals surface area contributed by atoms with Gasteiger partial charge in [-0.1, -0.05) is 0 Å². The van der Waals surface area contributed by atoms with E-state index in [1.54, 1.807) is 6.20 Å². The molecule has 0 atom stereocenters. The van der Waals surface area contributed by atoms with Crippen molar-refractivity contribution in [1.29, 1.82) is 0 Å². The van der Waals surface area contributed by atoms with Gasteiger partial charge in [-0.25, -0.2) is 4.79 Å². The lowest BCUT2D eigenvalue weighted by Gasteiger charge is -2.57. The lowest BCUT2D eigenvalue weighted by molar-refractivity contribution is -0.196. The first-order chi connectivity index (χ1) is 10.0. The Morgan fingerprint density at radius 1 is 1.38 bits per heavy atom. The monoisotopic (exact) mass is 354 g/mol. The summed E-state index contributed by atoms with van der Waals surface area (Å²) in [7, 11) is 0. The van der Waals surface area contributed by atoms with Crippen LogP contribution in [-0.4, -0.2) is 35.8 Å². The number of hydrogen-bond donors (Lipinski definition) is 2. The third-order valence-electron chi connectivity index (χ3n) is 4.65. The Morgan fingerprint density at radius 3 is 2.67 bits per heavy atom. The highest BCUT2D eigenvalue weighted by Crippen LogP contribution is 2.60. The summed E-state index contributed by atoms with van der Waals surface area (Å²) in [5.41, 5.74) is 0.602. The molecule has 1 aliphatic heterocycles. The van der Waals surface area contributed by atoms with Crippen LogP contribution < -0.4 is 5.32 Å². The number of aliphatic carboxylic acids is 1. The number of pyridine rings is 1. The molecule has 6 heteroatoms. The molecule has 2 N–H and O–H groups in total. The van der Waals surface area contributed by atoms with Gasteiger partial charge in [0.15, 0.2) is 0 Å². The SMILES string of the molecule is O=C(O)COC1(c2ccc(Br)cn2)CC2(CCNCC2)C1. The molecular formula is C15H19BrN2O3. The Labute approximate surface area is 132 Å². The summed E-state index contributed by atoms with van der Waals surface area (Å²) in [6.07, 6.45) is 5.73. The normalized spacial score (nSPS) is 22.7. The average Bonchev–Trinajstić information content (AvgIpc) is 2.44.